The molecule has 0 aliphatic heterocycles. The van der Waals surface area contributed by atoms with Crippen LogP contribution in [-0.2, 0) is 0 Å². The van der Waals surface area contributed by atoms with E-state index in [0.29, 0.717) is 11.5 Å². The predicted molar refractivity (Wildman–Crippen MR) is 133 cm³/mol. The quantitative estimate of drug-likeness (QED) is 0.364. The van der Waals surface area contributed by atoms with Gasteiger partial charge in [0.25, 0.3) is 5.91 Å². The lowest BCUT2D eigenvalue weighted by Crippen LogP contribution is -2.14. The Labute approximate surface area is 192 Å². The number of amides is 1. The van der Waals surface area contributed by atoms with Crippen molar-refractivity contribution in [1.82, 2.24) is 14.8 Å². The van der Waals surface area contributed by atoms with Crippen LogP contribution in [0.5, 0.6) is 0 Å². The van der Waals surface area contributed by atoms with E-state index in [2.05, 4.69) is 35.3 Å². The Bertz CT molecular complexity index is 1480. The SMILES string of the molecule is Cc1ccc(-c2nc(C(=O)Nc3ccc4ccccc4c3)nn2-c2cccc(C)c2C)cc1. The van der Waals surface area contributed by atoms with Crippen LogP contribution in [0.4, 0.5) is 5.69 Å². The molecule has 0 radical (unpaired) electrons. The molecule has 0 aliphatic rings. The smallest absolute Gasteiger partial charge is 0.295 e. The predicted octanol–water partition coefficient (Wildman–Crippen LogP) is 6.27. The monoisotopic (exact) mass is 432 g/mol. The molecule has 5 aromatic rings. The molecule has 4 aromatic carbocycles. The lowest BCUT2D eigenvalue weighted by molar-refractivity contribution is 0.101. The Morgan fingerprint density at radius 3 is 2.36 bits per heavy atom. The van der Waals surface area contributed by atoms with Crippen molar-refractivity contribution < 1.29 is 4.79 Å². The fourth-order valence-electron chi connectivity index (χ4n) is 3.88. The van der Waals surface area contributed by atoms with Crippen LogP contribution < -0.4 is 5.32 Å². The van der Waals surface area contributed by atoms with Crippen molar-refractivity contribution >= 4 is 22.4 Å². The van der Waals surface area contributed by atoms with Crippen LogP contribution in [0.1, 0.15) is 27.3 Å². The van der Waals surface area contributed by atoms with Crippen molar-refractivity contribution in [2.75, 3.05) is 5.32 Å². The van der Waals surface area contributed by atoms with Gasteiger partial charge in [0.2, 0.25) is 5.82 Å². The highest BCUT2D eigenvalue weighted by Crippen LogP contribution is 2.26. The fourth-order valence-corrected chi connectivity index (χ4v) is 3.88. The Morgan fingerprint density at radius 2 is 1.58 bits per heavy atom. The number of carbonyl (C=O) groups is 1. The molecule has 5 heteroatoms. The maximum atomic E-state index is 13.1. The van der Waals surface area contributed by atoms with Crippen molar-refractivity contribution in [3.05, 3.63) is 107 Å². The molecule has 162 valence electrons. The summed E-state index contributed by atoms with van der Waals surface area (Å²) in [5, 5.41) is 9.76. The third-order valence-corrected chi connectivity index (χ3v) is 5.93. The van der Waals surface area contributed by atoms with Gasteiger partial charge in [-0.25, -0.2) is 9.67 Å². The van der Waals surface area contributed by atoms with Gasteiger partial charge >= 0.3 is 0 Å². The van der Waals surface area contributed by atoms with Gasteiger partial charge in [-0.2, -0.15) is 0 Å². The third-order valence-electron chi connectivity index (χ3n) is 5.93. The van der Waals surface area contributed by atoms with Gasteiger partial charge in [0.15, 0.2) is 5.82 Å². The first-order valence-electron chi connectivity index (χ1n) is 10.9. The molecule has 0 atom stereocenters. The minimum absolute atomic E-state index is 0.125. The summed E-state index contributed by atoms with van der Waals surface area (Å²) in [6, 6.07) is 28.0. The summed E-state index contributed by atoms with van der Waals surface area (Å²) in [7, 11) is 0. The normalized spacial score (nSPS) is 11.0. The second-order valence-electron chi connectivity index (χ2n) is 8.27. The third kappa shape index (κ3) is 4.01. The molecule has 5 rings (SSSR count). The van der Waals surface area contributed by atoms with E-state index in [-0.39, 0.29) is 11.7 Å². The van der Waals surface area contributed by atoms with Crippen LogP contribution in [0.2, 0.25) is 0 Å². The van der Waals surface area contributed by atoms with E-state index >= 15 is 0 Å². The lowest BCUT2D eigenvalue weighted by Gasteiger charge is -2.11. The minimum atomic E-state index is -0.345. The molecule has 1 N–H and O–H groups in total. The van der Waals surface area contributed by atoms with Gasteiger partial charge in [0, 0.05) is 11.3 Å². The second-order valence-corrected chi connectivity index (χ2v) is 8.27. The van der Waals surface area contributed by atoms with Gasteiger partial charge in [-0.3, -0.25) is 4.79 Å². The molecule has 0 spiro atoms. The molecule has 1 aromatic heterocycles. The summed E-state index contributed by atoms with van der Waals surface area (Å²) < 4.78 is 1.77. The number of fused-ring (bicyclic) bond motifs is 1. The molecule has 5 nitrogen and oxygen atoms in total. The maximum absolute atomic E-state index is 13.1. The zero-order valence-corrected chi connectivity index (χ0v) is 18.8. The standard InChI is InChI=1S/C28H24N4O/c1-18-11-13-22(14-12-18)27-30-26(31-32(27)25-10-6-7-19(2)20(25)3)28(33)29-24-16-15-21-8-4-5-9-23(21)17-24/h4-17H,1-3H3,(H,29,33). The van der Waals surface area contributed by atoms with Gasteiger partial charge in [-0.15, -0.1) is 5.10 Å². The van der Waals surface area contributed by atoms with E-state index in [1.54, 1.807) is 4.68 Å². The number of nitrogens with one attached hydrogen (secondary N) is 1. The molecular weight excluding hydrogens is 408 g/mol. The largest absolute Gasteiger partial charge is 0.319 e. The molecule has 0 aliphatic carbocycles. The molecule has 1 heterocycles. The lowest BCUT2D eigenvalue weighted by atomic mass is 10.1. The van der Waals surface area contributed by atoms with Crippen LogP contribution in [0.25, 0.3) is 27.8 Å². The first-order valence-corrected chi connectivity index (χ1v) is 10.9. The molecule has 0 unspecified atom stereocenters. The number of hydrogen-bond acceptors (Lipinski definition) is 3. The zero-order valence-electron chi connectivity index (χ0n) is 18.8. The topological polar surface area (TPSA) is 59.8 Å². The highest BCUT2D eigenvalue weighted by atomic mass is 16.2. The summed E-state index contributed by atoms with van der Waals surface area (Å²) in [6.45, 7) is 6.16. The number of aryl methyl sites for hydroxylation is 2. The average Bonchev–Trinajstić information content (AvgIpc) is 3.27. The molecule has 0 fully saturated rings. The first-order chi connectivity index (χ1) is 16.0. The number of aromatic nitrogens is 3. The summed E-state index contributed by atoms with van der Waals surface area (Å²) in [5.41, 5.74) is 5.92. The Kier molecular flexibility index (Phi) is 5.23. The van der Waals surface area contributed by atoms with Crippen LogP contribution in [-0.4, -0.2) is 20.7 Å². The van der Waals surface area contributed by atoms with Crippen molar-refractivity contribution in [1.29, 1.82) is 0 Å². The molecule has 0 saturated carbocycles. The van der Waals surface area contributed by atoms with E-state index in [1.165, 1.54) is 0 Å². The number of rotatable bonds is 4. The molecule has 33 heavy (non-hydrogen) atoms. The summed E-state index contributed by atoms with van der Waals surface area (Å²) in [4.78, 5) is 17.8. The van der Waals surface area contributed by atoms with E-state index in [1.807, 2.05) is 85.8 Å². The summed E-state index contributed by atoms with van der Waals surface area (Å²) >= 11 is 0. The number of hydrogen-bond donors (Lipinski definition) is 1. The van der Waals surface area contributed by atoms with Crippen LogP contribution in [0, 0.1) is 20.8 Å². The second kappa shape index (κ2) is 8.36. The Hall–Kier alpha value is -4.25. The number of carbonyl (C=O) groups excluding carboxylic acids is 1. The molecule has 0 saturated heterocycles. The molecule has 1 amide bonds. The van der Waals surface area contributed by atoms with Gasteiger partial charge in [-0.05, 0) is 60.9 Å². The van der Waals surface area contributed by atoms with E-state index in [4.69, 9.17) is 0 Å². The van der Waals surface area contributed by atoms with E-state index in [9.17, 15) is 4.79 Å². The van der Waals surface area contributed by atoms with Crippen molar-refractivity contribution in [3.63, 3.8) is 0 Å². The van der Waals surface area contributed by atoms with Crippen LogP contribution >= 0.6 is 0 Å². The van der Waals surface area contributed by atoms with Gasteiger partial charge < -0.3 is 5.32 Å². The van der Waals surface area contributed by atoms with E-state index < -0.39 is 0 Å². The van der Waals surface area contributed by atoms with Crippen LogP contribution in [0.3, 0.4) is 0 Å². The van der Waals surface area contributed by atoms with Crippen molar-refractivity contribution in [2.45, 2.75) is 20.8 Å². The van der Waals surface area contributed by atoms with Gasteiger partial charge in [0.1, 0.15) is 0 Å². The zero-order chi connectivity index (χ0) is 22.9. The summed E-state index contributed by atoms with van der Waals surface area (Å²) in [6.07, 6.45) is 0. The minimum Gasteiger partial charge on any atom is -0.319 e. The molecule has 0 bridgehead atoms. The highest BCUT2D eigenvalue weighted by molar-refractivity contribution is 6.03. The van der Waals surface area contributed by atoms with Gasteiger partial charge in [-0.1, -0.05) is 72.3 Å². The number of benzene rings is 4. The highest BCUT2D eigenvalue weighted by Gasteiger charge is 2.20. The van der Waals surface area contributed by atoms with Crippen LogP contribution in [0.15, 0.2) is 84.9 Å². The van der Waals surface area contributed by atoms with Crippen molar-refractivity contribution in [3.8, 4) is 17.1 Å². The maximum Gasteiger partial charge on any atom is 0.295 e. The Balaban J connectivity index is 1.56. The number of nitrogens with zero attached hydrogens (tertiary/aromatic N) is 3. The van der Waals surface area contributed by atoms with Gasteiger partial charge in [0.05, 0.1) is 5.69 Å². The fraction of sp³-hybridized carbons (Fsp3) is 0.107. The Morgan fingerprint density at radius 1 is 0.818 bits per heavy atom. The van der Waals surface area contributed by atoms with Crippen molar-refractivity contribution in [2.24, 2.45) is 0 Å². The summed E-state index contributed by atoms with van der Waals surface area (Å²) in [5.74, 6) is 0.412. The van der Waals surface area contributed by atoms with E-state index in [0.717, 1.165) is 38.7 Å². The molecular formula is C28H24N4O. The number of anilines is 1. The average molecular weight is 433 g/mol. The first kappa shape index (κ1) is 20.6.